The number of hydrogen-bond donors (Lipinski definition) is 2. The fourth-order valence-corrected chi connectivity index (χ4v) is 4.54. The third kappa shape index (κ3) is 2.84. The number of carbonyl (C=O) groups is 1. The van der Waals surface area contributed by atoms with Crippen LogP contribution in [-0.4, -0.2) is 42.0 Å². The predicted octanol–water partition coefficient (Wildman–Crippen LogP) is 3.18. The summed E-state index contributed by atoms with van der Waals surface area (Å²) in [5.74, 6) is 1.21. The van der Waals surface area contributed by atoms with Crippen molar-refractivity contribution in [3.8, 4) is 0 Å². The molecule has 1 aromatic heterocycles. The predicted molar refractivity (Wildman–Crippen MR) is 97.2 cm³/mol. The number of aryl methyl sites for hydroxylation is 1. The second-order valence-electron chi connectivity index (χ2n) is 7.33. The van der Waals surface area contributed by atoms with Gasteiger partial charge in [0.15, 0.2) is 0 Å². The van der Waals surface area contributed by atoms with Crippen LogP contribution in [0.15, 0.2) is 24.3 Å². The lowest BCUT2D eigenvalue weighted by Gasteiger charge is -2.35. The summed E-state index contributed by atoms with van der Waals surface area (Å²) < 4.78 is 0. The van der Waals surface area contributed by atoms with Crippen molar-refractivity contribution in [2.24, 2.45) is 5.92 Å². The average molecular weight is 325 g/mol. The van der Waals surface area contributed by atoms with Crippen molar-refractivity contribution in [1.29, 1.82) is 0 Å². The summed E-state index contributed by atoms with van der Waals surface area (Å²) in [6.07, 6.45) is 4.17. The molecule has 0 spiro atoms. The number of rotatable bonds is 2. The zero-order chi connectivity index (χ0) is 16.5. The smallest absolute Gasteiger partial charge is 0.225 e. The normalized spacial score (nSPS) is 20.6. The van der Waals surface area contributed by atoms with Gasteiger partial charge < -0.3 is 15.2 Å². The van der Waals surface area contributed by atoms with Gasteiger partial charge in [0.2, 0.25) is 5.91 Å². The van der Waals surface area contributed by atoms with Crippen LogP contribution in [0.4, 0.5) is 0 Å². The van der Waals surface area contributed by atoms with Gasteiger partial charge >= 0.3 is 0 Å². The molecule has 3 heterocycles. The van der Waals surface area contributed by atoms with E-state index in [4.69, 9.17) is 0 Å². The monoisotopic (exact) mass is 325 g/mol. The topological polar surface area (TPSA) is 48.1 Å². The number of benzene rings is 1. The van der Waals surface area contributed by atoms with Crippen LogP contribution in [0.2, 0.25) is 0 Å². The number of likely N-dealkylation sites (tertiary alicyclic amines) is 1. The Morgan fingerprint density at radius 2 is 1.79 bits per heavy atom. The van der Waals surface area contributed by atoms with Crippen molar-refractivity contribution >= 4 is 16.8 Å². The van der Waals surface area contributed by atoms with Crippen LogP contribution in [0.3, 0.4) is 0 Å². The molecule has 1 aromatic carbocycles. The number of fused-ring (bicyclic) bond motifs is 1. The molecule has 0 atom stereocenters. The molecular weight excluding hydrogens is 298 g/mol. The lowest BCUT2D eigenvalue weighted by molar-refractivity contribution is -0.137. The van der Waals surface area contributed by atoms with Crippen molar-refractivity contribution in [2.45, 2.75) is 38.5 Å². The molecule has 2 aliphatic rings. The number of piperidine rings is 2. The second-order valence-corrected chi connectivity index (χ2v) is 7.33. The van der Waals surface area contributed by atoms with Crippen molar-refractivity contribution in [1.82, 2.24) is 15.2 Å². The standard InChI is InChI=1S/C20H27N3O/c1-14-19(17-4-2-3-5-18(17)22-14)15-8-12-23(13-9-15)20(24)16-6-10-21-11-7-16/h2-5,15-16,21-22H,6-13H2,1H3. The number of nitrogens with zero attached hydrogens (tertiary/aromatic N) is 1. The van der Waals surface area contributed by atoms with Crippen molar-refractivity contribution in [3.63, 3.8) is 0 Å². The van der Waals surface area contributed by atoms with E-state index in [1.165, 1.54) is 22.2 Å². The number of H-pyrrole nitrogens is 1. The zero-order valence-electron chi connectivity index (χ0n) is 14.5. The summed E-state index contributed by atoms with van der Waals surface area (Å²) in [4.78, 5) is 18.4. The molecule has 2 N–H and O–H groups in total. The van der Waals surface area contributed by atoms with Gasteiger partial charge in [0, 0.05) is 35.6 Å². The minimum atomic E-state index is 0.248. The van der Waals surface area contributed by atoms with E-state index in [2.05, 4.69) is 46.4 Å². The summed E-state index contributed by atoms with van der Waals surface area (Å²) in [6, 6.07) is 8.58. The quantitative estimate of drug-likeness (QED) is 0.891. The Kier molecular flexibility index (Phi) is 4.31. The van der Waals surface area contributed by atoms with E-state index in [1.807, 2.05) is 0 Å². The molecule has 0 bridgehead atoms. The van der Waals surface area contributed by atoms with Crippen LogP contribution in [0.5, 0.6) is 0 Å². The van der Waals surface area contributed by atoms with Crippen LogP contribution in [0, 0.1) is 12.8 Å². The molecule has 0 radical (unpaired) electrons. The fourth-order valence-electron chi connectivity index (χ4n) is 4.54. The highest BCUT2D eigenvalue weighted by molar-refractivity contribution is 5.85. The highest BCUT2D eigenvalue weighted by atomic mass is 16.2. The molecule has 2 saturated heterocycles. The van der Waals surface area contributed by atoms with Gasteiger partial charge in [-0.2, -0.15) is 0 Å². The fraction of sp³-hybridized carbons (Fsp3) is 0.550. The molecule has 4 rings (SSSR count). The van der Waals surface area contributed by atoms with Crippen LogP contribution in [0.1, 0.15) is 42.9 Å². The maximum atomic E-state index is 12.7. The average Bonchev–Trinajstić information content (AvgIpc) is 2.98. The third-order valence-corrected chi connectivity index (χ3v) is 5.85. The molecule has 4 nitrogen and oxygen atoms in total. The van der Waals surface area contributed by atoms with Crippen molar-refractivity contribution in [2.75, 3.05) is 26.2 Å². The van der Waals surface area contributed by atoms with Crippen LogP contribution in [0.25, 0.3) is 10.9 Å². The summed E-state index contributed by atoms with van der Waals surface area (Å²) in [5, 5.41) is 4.71. The molecule has 4 heteroatoms. The lowest BCUT2D eigenvalue weighted by Crippen LogP contribution is -2.44. The molecule has 1 amide bonds. The van der Waals surface area contributed by atoms with Crippen molar-refractivity contribution in [3.05, 3.63) is 35.5 Å². The van der Waals surface area contributed by atoms with E-state index in [9.17, 15) is 4.79 Å². The van der Waals surface area contributed by atoms with Gasteiger partial charge in [0.05, 0.1) is 0 Å². The SMILES string of the molecule is Cc1[nH]c2ccccc2c1C1CCN(C(=O)C2CCNCC2)CC1. The Hall–Kier alpha value is -1.81. The maximum absolute atomic E-state index is 12.7. The highest BCUT2D eigenvalue weighted by Gasteiger charge is 2.30. The molecule has 2 aromatic rings. The number of aromatic amines is 1. The summed E-state index contributed by atoms with van der Waals surface area (Å²) in [5.41, 5.74) is 4.00. The highest BCUT2D eigenvalue weighted by Crippen LogP contribution is 2.36. The number of hydrogen-bond acceptors (Lipinski definition) is 2. The van der Waals surface area contributed by atoms with Gasteiger partial charge in [-0.3, -0.25) is 4.79 Å². The summed E-state index contributed by atoms with van der Waals surface area (Å²) in [7, 11) is 0. The molecule has 24 heavy (non-hydrogen) atoms. The van der Waals surface area contributed by atoms with Gasteiger partial charge in [-0.1, -0.05) is 18.2 Å². The molecule has 0 saturated carbocycles. The lowest BCUT2D eigenvalue weighted by atomic mass is 9.86. The Balaban J connectivity index is 1.45. The van der Waals surface area contributed by atoms with Crippen LogP contribution < -0.4 is 5.32 Å². The molecule has 0 aliphatic carbocycles. The van der Waals surface area contributed by atoms with E-state index >= 15 is 0 Å². The Labute approximate surface area is 143 Å². The van der Waals surface area contributed by atoms with Gasteiger partial charge in [-0.05, 0) is 63.2 Å². The zero-order valence-corrected chi connectivity index (χ0v) is 14.5. The summed E-state index contributed by atoms with van der Waals surface area (Å²) in [6.45, 7) is 5.98. The van der Waals surface area contributed by atoms with Gasteiger partial charge in [0.25, 0.3) is 0 Å². The first-order chi connectivity index (χ1) is 11.7. The Morgan fingerprint density at radius 3 is 2.54 bits per heavy atom. The Bertz CT molecular complexity index is 722. The van der Waals surface area contributed by atoms with E-state index in [1.54, 1.807) is 0 Å². The van der Waals surface area contributed by atoms with E-state index in [0.29, 0.717) is 11.8 Å². The molecule has 2 fully saturated rings. The van der Waals surface area contributed by atoms with Gasteiger partial charge in [-0.15, -0.1) is 0 Å². The van der Waals surface area contributed by atoms with Gasteiger partial charge in [-0.25, -0.2) is 0 Å². The largest absolute Gasteiger partial charge is 0.358 e. The van der Waals surface area contributed by atoms with Crippen LogP contribution >= 0.6 is 0 Å². The Morgan fingerprint density at radius 1 is 1.08 bits per heavy atom. The van der Waals surface area contributed by atoms with E-state index < -0.39 is 0 Å². The van der Waals surface area contributed by atoms with Crippen molar-refractivity contribution < 1.29 is 4.79 Å². The minimum Gasteiger partial charge on any atom is -0.358 e. The number of carbonyl (C=O) groups excluding carboxylic acids is 1. The first-order valence-corrected chi connectivity index (χ1v) is 9.30. The molecule has 2 aliphatic heterocycles. The number of nitrogens with one attached hydrogen (secondary N) is 2. The van der Waals surface area contributed by atoms with Gasteiger partial charge in [0.1, 0.15) is 0 Å². The van der Waals surface area contributed by atoms with Crippen LogP contribution in [-0.2, 0) is 4.79 Å². The van der Waals surface area contributed by atoms with E-state index in [-0.39, 0.29) is 5.92 Å². The maximum Gasteiger partial charge on any atom is 0.225 e. The van der Waals surface area contributed by atoms with E-state index in [0.717, 1.165) is 51.9 Å². The third-order valence-electron chi connectivity index (χ3n) is 5.85. The number of amides is 1. The molecule has 0 unspecified atom stereocenters. The first-order valence-electron chi connectivity index (χ1n) is 9.30. The number of para-hydroxylation sites is 1. The minimum absolute atomic E-state index is 0.248. The first kappa shape index (κ1) is 15.7. The second kappa shape index (κ2) is 6.60. The number of aromatic nitrogens is 1. The summed E-state index contributed by atoms with van der Waals surface area (Å²) >= 11 is 0. The molecular formula is C20H27N3O. The molecule has 128 valence electrons.